The first-order valence-corrected chi connectivity index (χ1v) is 11.2. The van der Waals surface area contributed by atoms with Gasteiger partial charge in [0, 0.05) is 32.6 Å². The fraction of sp³-hybridized carbons (Fsp3) is 0.400. The fourth-order valence-corrected chi connectivity index (χ4v) is 4.60. The topological polar surface area (TPSA) is 114 Å². The van der Waals surface area contributed by atoms with Gasteiger partial charge in [-0.05, 0) is 22.3 Å². The number of methoxy groups -OCH3 is 1. The van der Waals surface area contributed by atoms with Gasteiger partial charge >= 0.3 is 12.1 Å². The van der Waals surface area contributed by atoms with Crippen molar-refractivity contribution >= 4 is 18.0 Å². The zero-order chi connectivity index (χ0) is 25.2. The van der Waals surface area contributed by atoms with E-state index < -0.39 is 48.3 Å². The minimum absolute atomic E-state index is 0.0487. The van der Waals surface area contributed by atoms with E-state index in [0.717, 1.165) is 22.3 Å². The average molecular weight is 488 g/mol. The molecule has 35 heavy (non-hydrogen) atoms. The molecule has 0 radical (unpaired) electrons. The fourth-order valence-electron chi connectivity index (χ4n) is 4.60. The highest BCUT2D eigenvalue weighted by atomic mass is 19.3. The third-order valence-corrected chi connectivity index (χ3v) is 6.53. The van der Waals surface area contributed by atoms with Crippen molar-refractivity contribution in [3.63, 3.8) is 0 Å². The summed E-state index contributed by atoms with van der Waals surface area (Å²) in [5.41, 5.74) is 4.22. The van der Waals surface area contributed by atoms with Gasteiger partial charge in [-0.2, -0.15) is 0 Å². The van der Waals surface area contributed by atoms with Gasteiger partial charge in [0.25, 0.3) is 5.92 Å². The van der Waals surface area contributed by atoms with Gasteiger partial charge in [-0.3, -0.25) is 9.59 Å². The lowest BCUT2D eigenvalue weighted by molar-refractivity contribution is -0.141. The number of fused-ring (bicyclic) bond motifs is 3. The molecule has 0 heterocycles. The van der Waals surface area contributed by atoms with E-state index >= 15 is 0 Å². The van der Waals surface area contributed by atoms with Crippen molar-refractivity contribution in [2.45, 2.75) is 24.3 Å². The van der Waals surface area contributed by atoms with E-state index in [1.165, 1.54) is 7.11 Å². The average Bonchev–Trinajstić information content (AvgIpc) is 3.25. The van der Waals surface area contributed by atoms with E-state index in [9.17, 15) is 23.2 Å². The highest BCUT2D eigenvalue weighted by Crippen LogP contribution is 2.54. The summed E-state index contributed by atoms with van der Waals surface area (Å²) in [5, 5.41) is 13.6. The van der Waals surface area contributed by atoms with E-state index in [1.807, 2.05) is 48.5 Å². The van der Waals surface area contributed by atoms with Crippen LogP contribution in [0, 0.1) is 11.8 Å². The van der Waals surface area contributed by atoms with Gasteiger partial charge in [0.05, 0.1) is 5.92 Å². The van der Waals surface area contributed by atoms with Gasteiger partial charge in [-0.15, -0.1) is 0 Å². The predicted octanol–water partition coefficient (Wildman–Crippen LogP) is 3.01. The molecule has 2 aliphatic rings. The quantitative estimate of drug-likeness (QED) is 0.474. The summed E-state index contributed by atoms with van der Waals surface area (Å²) >= 11 is 0. The Kier molecular flexibility index (Phi) is 7.02. The number of carboxylic acids is 1. The van der Waals surface area contributed by atoms with E-state index in [0.29, 0.717) is 0 Å². The van der Waals surface area contributed by atoms with Crippen molar-refractivity contribution in [2.24, 2.45) is 11.8 Å². The van der Waals surface area contributed by atoms with Crippen LogP contribution in [-0.2, 0) is 19.1 Å². The molecule has 3 atom stereocenters. The lowest BCUT2D eigenvalue weighted by atomic mass is 9.98. The Hall–Kier alpha value is -3.53. The summed E-state index contributed by atoms with van der Waals surface area (Å²) in [6, 6.07) is 14.6. The van der Waals surface area contributed by atoms with Gasteiger partial charge < -0.3 is 25.2 Å². The lowest BCUT2D eigenvalue weighted by Crippen LogP contribution is -2.48. The number of nitrogens with one attached hydrogen (secondary N) is 2. The number of amides is 2. The number of hydrogen-bond acceptors (Lipinski definition) is 5. The first kappa shape index (κ1) is 24.6. The number of carbonyl (C=O) groups excluding carboxylic acids is 2. The molecule has 0 bridgehead atoms. The van der Waals surface area contributed by atoms with Gasteiger partial charge in [0.1, 0.15) is 18.6 Å². The Morgan fingerprint density at radius 2 is 1.66 bits per heavy atom. The van der Waals surface area contributed by atoms with Gasteiger partial charge in [0.2, 0.25) is 5.91 Å². The molecule has 0 saturated heterocycles. The monoisotopic (exact) mass is 488 g/mol. The molecule has 0 spiro atoms. The number of alkyl carbamates (subject to hydrolysis) is 1. The number of alkyl halides is 2. The van der Waals surface area contributed by atoms with Crippen LogP contribution in [0.1, 0.15) is 23.5 Å². The first-order valence-electron chi connectivity index (χ1n) is 11.2. The first-order chi connectivity index (χ1) is 16.8. The predicted molar refractivity (Wildman–Crippen MR) is 121 cm³/mol. The van der Waals surface area contributed by atoms with Crippen LogP contribution < -0.4 is 10.6 Å². The molecule has 2 amide bonds. The van der Waals surface area contributed by atoms with Crippen LogP contribution in [0.5, 0.6) is 0 Å². The Morgan fingerprint density at radius 3 is 2.20 bits per heavy atom. The van der Waals surface area contributed by atoms with Gasteiger partial charge in [0.15, 0.2) is 0 Å². The zero-order valence-corrected chi connectivity index (χ0v) is 19.0. The molecule has 3 unspecified atom stereocenters. The molecule has 2 aromatic rings. The molecule has 8 nitrogen and oxygen atoms in total. The highest BCUT2D eigenvalue weighted by Gasteiger charge is 2.72. The minimum Gasteiger partial charge on any atom is -0.481 e. The van der Waals surface area contributed by atoms with E-state index in [4.69, 9.17) is 14.6 Å². The van der Waals surface area contributed by atoms with Crippen molar-refractivity contribution in [3.8, 4) is 11.1 Å². The molecule has 0 aliphatic heterocycles. The number of rotatable bonds is 10. The zero-order valence-electron chi connectivity index (χ0n) is 19.0. The summed E-state index contributed by atoms with van der Waals surface area (Å²) < 4.78 is 37.6. The van der Waals surface area contributed by atoms with Crippen molar-refractivity contribution in [3.05, 3.63) is 59.7 Å². The number of carbonyl (C=O) groups is 3. The summed E-state index contributed by atoms with van der Waals surface area (Å²) in [4.78, 5) is 36.0. The summed E-state index contributed by atoms with van der Waals surface area (Å²) in [6.45, 7) is -0.342. The number of benzene rings is 2. The second kappa shape index (κ2) is 9.99. The highest BCUT2D eigenvalue weighted by molar-refractivity contribution is 5.86. The molecule has 10 heteroatoms. The Labute approximate surface area is 200 Å². The molecule has 3 N–H and O–H groups in total. The number of aliphatic carboxylic acids is 1. The largest absolute Gasteiger partial charge is 0.481 e. The van der Waals surface area contributed by atoms with Gasteiger partial charge in [-0.25, -0.2) is 13.6 Å². The molecule has 2 aromatic carbocycles. The van der Waals surface area contributed by atoms with Gasteiger partial charge in [-0.1, -0.05) is 48.5 Å². The van der Waals surface area contributed by atoms with Crippen LogP contribution in [-0.4, -0.2) is 61.9 Å². The normalized spacial score (nSPS) is 20.3. The Morgan fingerprint density at radius 1 is 1.06 bits per heavy atom. The second-order valence-electron chi connectivity index (χ2n) is 8.65. The minimum atomic E-state index is -3.37. The maximum atomic E-state index is 13.6. The third-order valence-electron chi connectivity index (χ3n) is 6.53. The molecule has 4 rings (SSSR count). The molecular weight excluding hydrogens is 462 g/mol. The van der Waals surface area contributed by atoms with Crippen LogP contribution in [0.2, 0.25) is 0 Å². The van der Waals surface area contributed by atoms with Crippen LogP contribution in [0.15, 0.2) is 48.5 Å². The molecule has 1 saturated carbocycles. The smallest absolute Gasteiger partial charge is 0.407 e. The Bertz CT molecular complexity index is 1080. The van der Waals surface area contributed by atoms with E-state index in [-0.39, 0.29) is 25.6 Å². The van der Waals surface area contributed by atoms with Crippen molar-refractivity contribution in [2.75, 3.05) is 26.9 Å². The molecular formula is C25H26F2N2O6. The van der Waals surface area contributed by atoms with Crippen LogP contribution in [0.25, 0.3) is 11.1 Å². The second-order valence-corrected chi connectivity index (χ2v) is 8.65. The molecule has 1 fully saturated rings. The molecule has 2 aliphatic carbocycles. The van der Waals surface area contributed by atoms with Crippen LogP contribution >= 0.6 is 0 Å². The molecule has 186 valence electrons. The van der Waals surface area contributed by atoms with Crippen molar-refractivity contribution in [1.29, 1.82) is 0 Å². The maximum Gasteiger partial charge on any atom is 0.407 e. The number of halogens is 2. The number of hydrogen-bond donors (Lipinski definition) is 3. The number of carboxylic acid groups (broad SMARTS) is 1. The standard InChI is InChI=1S/C25H26F2N2O6/c1-34-11-10-20(22(30)28-12-19-21(23(31)32)25(19,26)27)29-24(33)35-13-18-16-8-4-2-6-14(16)15-7-3-5-9-17(15)18/h2-9,18-21H,10-13H2,1H3,(H,28,30)(H,29,33)(H,31,32). The summed E-state index contributed by atoms with van der Waals surface area (Å²) in [5.74, 6) is -9.17. The van der Waals surface area contributed by atoms with Crippen LogP contribution in [0.4, 0.5) is 13.6 Å². The summed E-state index contributed by atoms with van der Waals surface area (Å²) in [6.07, 6.45) is -0.751. The third kappa shape index (κ3) is 4.97. The summed E-state index contributed by atoms with van der Waals surface area (Å²) in [7, 11) is 1.42. The van der Waals surface area contributed by atoms with E-state index in [1.54, 1.807) is 0 Å². The maximum absolute atomic E-state index is 13.6. The van der Waals surface area contributed by atoms with E-state index in [2.05, 4.69) is 10.6 Å². The van der Waals surface area contributed by atoms with Crippen LogP contribution in [0.3, 0.4) is 0 Å². The lowest BCUT2D eigenvalue weighted by Gasteiger charge is -2.19. The SMILES string of the molecule is COCCC(NC(=O)OCC1c2ccccc2-c2ccccc21)C(=O)NCC1C(C(=O)O)C1(F)F. The van der Waals surface area contributed by atoms with Crippen molar-refractivity contribution in [1.82, 2.24) is 10.6 Å². The molecule has 0 aromatic heterocycles. The Balaban J connectivity index is 1.35. The number of ether oxygens (including phenoxy) is 2. The van der Waals surface area contributed by atoms with Crippen molar-refractivity contribution < 1.29 is 37.7 Å².